The van der Waals surface area contributed by atoms with Gasteiger partial charge in [-0.25, -0.2) is 4.98 Å². The highest BCUT2D eigenvalue weighted by Gasteiger charge is 2.15. The summed E-state index contributed by atoms with van der Waals surface area (Å²) in [5.74, 6) is 1.58. The molecule has 0 radical (unpaired) electrons. The summed E-state index contributed by atoms with van der Waals surface area (Å²) in [6, 6.07) is 9.01. The molecular formula is C24H30N8O2. The summed E-state index contributed by atoms with van der Waals surface area (Å²) in [6.45, 7) is 7.62. The van der Waals surface area contributed by atoms with Gasteiger partial charge in [0, 0.05) is 31.9 Å². The van der Waals surface area contributed by atoms with Gasteiger partial charge >= 0.3 is 0 Å². The van der Waals surface area contributed by atoms with Crippen LogP contribution in [0.1, 0.15) is 41.0 Å². The first-order valence-corrected chi connectivity index (χ1v) is 11.6. The fraction of sp³-hybridized carbons (Fsp3) is 0.417. The molecule has 1 saturated heterocycles. The lowest BCUT2D eigenvalue weighted by atomic mass is 10.0. The topological polar surface area (TPSA) is 129 Å². The second-order valence-corrected chi connectivity index (χ2v) is 8.78. The molecule has 1 aromatic carbocycles. The number of nitrogens with two attached hydrogens (primary N) is 1. The Balaban J connectivity index is 1.32. The number of hydrogen-bond donors (Lipinski definition) is 3. The van der Waals surface area contributed by atoms with Gasteiger partial charge in [-0.1, -0.05) is 23.4 Å². The molecule has 3 aromatic heterocycles. The number of nitrogens with one attached hydrogen (secondary N) is 2. The Bertz CT molecular complexity index is 1280. The Morgan fingerprint density at radius 2 is 1.97 bits per heavy atom. The number of hydrogen-bond acceptors (Lipinski definition) is 9. The molecule has 0 saturated carbocycles. The van der Waals surface area contributed by atoms with E-state index in [-0.39, 0.29) is 5.95 Å². The Morgan fingerprint density at radius 3 is 2.74 bits per heavy atom. The molecule has 0 spiro atoms. The lowest BCUT2D eigenvalue weighted by molar-refractivity contribution is 0.0776. The Labute approximate surface area is 197 Å². The standard InChI is InChI=1S/C24H30N8O2/c1-15-9-17(11-26-19-5-7-33-8-6-19)3-4-18(15)14-32-22-21(13-28-32)29-24(25)30-23(22)27-12-20-10-16(2)34-31-20/h3-4,9-10,13,19,26H,5-8,11-12,14H2,1-2H3,(H3,25,27,29,30). The summed E-state index contributed by atoms with van der Waals surface area (Å²) < 4.78 is 12.5. The molecule has 4 N–H and O–H groups in total. The molecule has 0 unspecified atom stereocenters. The average Bonchev–Trinajstić information content (AvgIpc) is 3.44. The number of fused-ring (bicyclic) bond motifs is 1. The lowest BCUT2D eigenvalue weighted by Gasteiger charge is -2.23. The molecule has 1 aliphatic heterocycles. The quantitative estimate of drug-likeness (QED) is 0.362. The molecule has 5 rings (SSSR count). The number of aromatic nitrogens is 5. The third-order valence-electron chi connectivity index (χ3n) is 6.16. The number of aryl methyl sites for hydroxylation is 2. The van der Waals surface area contributed by atoms with Crippen molar-refractivity contribution in [2.75, 3.05) is 24.3 Å². The van der Waals surface area contributed by atoms with Crippen molar-refractivity contribution < 1.29 is 9.26 Å². The Morgan fingerprint density at radius 1 is 1.12 bits per heavy atom. The van der Waals surface area contributed by atoms with E-state index in [0.717, 1.165) is 49.6 Å². The number of ether oxygens (including phenoxy) is 1. The van der Waals surface area contributed by atoms with Crippen molar-refractivity contribution in [2.24, 2.45) is 0 Å². The van der Waals surface area contributed by atoms with E-state index in [9.17, 15) is 0 Å². The van der Waals surface area contributed by atoms with Crippen LogP contribution in [-0.4, -0.2) is 44.2 Å². The first-order chi connectivity index (χ1) is 16.5. The van der Waals surface area contributed by atoms with E-state index in [1.165, 1.54) is 16.7 Å². The molecule has 34 heavy (non-hydrogen) atoms. The molecule has 0 bridgehead atoms. The summed E-state index contributed by atoms with van der Waals surface area (Å²) >= 11 is 0. The van der Waals surface area contributed by atoms with E-state index < -0.39 is 0 Å². The van der Waals surface area contributed by atoms with Crippen molar-refractivity contribution in [3.63, 3.8) is 0 Å². The first kappa shape index (κ1) is 22.3. The molecule has 10 nitrogen and oxygen atoms in total. The summed E-state index contributed by atoms with van der Waals surface area (Å²) in [5.41, 5.74) is 11.9. The van der Waals surface area contributed by atoms with Crippen molar-refractivity contribution in [3.8, 4) is 0 Å². The normalized spacial score (nSPS) is 14.6. The largest absolute Gasteiger partial charge is 0.381 e. The summed E-state index contributed by atoms with van der Waals surface area (Å²) in [7, 11) is 0. The molecule has 1 aliphatic rings. The number of rotatable bonds is 8. The fourth-order valence-electron chi connectivity index (χ4n) is 4.31. The zero-order valence-electron chi connectivity index (χ0n) is 19.5. The third kappa shape index (κ3) is 5.02. The van der Waals surface area contributed by atoms with Gasteiger partial charge in [0.15, 0.2) is 5.82 Å². The summed E-state index contributed by atoms with van der Waals surface area (Å²) in [5, 5.41) is 15.6. The second-order valence-electron chi connectivity index (χ2n) is 8.78. The van der Waals surface area contributed by atoms with Gasteiger partial charge < -0.3 is 25.6 Å². The molecule has 1 fully saturated rings. The highest BCUT2D eigenvalue weighted by molar-refractivity contribution is 5.86. The number of anilines is 2. The maximum atomic E-state index is 5.94. The molecule has 4 heterocycles. The van der Waals surface area contributed by atoms with Crippen molar-refractivity contribution in [1.82, 2.24) is 30.2 Å². The predicted octanol–water partition coefficient (Wildman–Crippen LogP) is 2.94. The minimum atomic E-state index is 0.198. The van der Waals surface area contributed by atoms with Crippen LogP contribution in [0.4, 0.5) is 11.8 Å². The van der Waals surface area contributed by atoms with Crippen LogP contribution in [0.3, 0.4) is 0 Å². The molecular weight excluding hydrogens is 432 g/mol. The number of nitrogen functional groups attached to an aromatic ring is 1. The van der Waals surface area contributed by atoms with Gasteiger partial charge in [0.25, 0.3) is 0 Å². The second kappa shape index (κ2) is 9.78. The number of benzene rings is 1. The molecule has 178 valence electrons. The first-order valence-electron chi connectivity index (χ1n) is 11.6. The third-order valence-corrected chi connectivity index (χ3v) is 6.16. The van der Waals surface area contributed by atoms with E-state index in [2.05, 4.69) is 56.0 Å². The van der Waals surface area contributed by atoms with Crippen molar-refractivity contribution in [1.29, 1.82) is 0 Å². The van der Waals surface area contributed by atoms with Crippen molar-refractivity contribution >= 4 is 22.8 Å². The van der Waals surface area contributed by atoms with E-state index >= 15 is 0 Å². The van der Waals surface area contributed by atoms with Crippen LogP contribution in [0.5, 0.6) is 0 Å². The van der Waals surface area contributed by atoms with Crippen LogP contribution < -0.4 is 16.4 Å². The zero-order chi connectivity index (χ0) is 23.5. The highest BCUT2D eigenvalue weighted by Crippen LogP contribution is 2.24. The minimum absolute atomic E-state index is 0.198. The molecule has 4 aromatic rings. The van der Waals surface area contributed by atoms with Gasteiger partial charge in [-0.15, -0.1) is 0 Å². The van der Waals surface area contributed by atoms with Crippen LogP contribution >= 0.6 is 0 Å². The molecule has 0 aliphatic carbocycles. The van der Waals surface area contributed by atoms with Gasteiger partial charge in [0.2, 0.25) is 5.95 Å². The SMILES string of the molecule is Cc1cc(CNc2nc(N)nc3cnn(Cc4ccc(CNC5CCOCC5)cc4C)c23)no1. The zero-order valence-corrected chi connectivity index (χ0v) is 19.5. The van der Waals surface area contributed by atoms with Gasteiger partial charge in [-0.3, -0.25) is 4.68 Å². The Hall–Kier alpha value is -3.50. The van der Waals surface area contributed by atoms with Crippen LogP contribution in [0, 0.1) is 13.8 Å². The van der Waals surface area contributed by atoms with Gasteiger partial charge in [0.1, 0.15) is 22.5 Å². The maximum absolute atomic E-state index is 5.94. The molecule has 10 heteroatoms. The average molecular weight is 463 g/mol. The smallest absolute Gasteiger partial charge is 0.222 e. The van der Waals surface area contributed by atoms with Crippen molar-refractivity contribution in [3.05, 3.63) is 58.6 Å². The molecule has 0 atom stereocenters. The summed E-state index contributed by atoms with van der Waals surface area (Å²) in [4.78, 5) is 8.78. The lowest BCUT2D eigenvalue weighted by Crippen LogP contribution is -2.34. The van der Waals surface area contributed by atoms with Gasteiger partial charge in [-0.2, -0.15) is 10.1 Å². The Kier molecular flexibility index (Phi) is 6.41. The van der Waals surface area contributed by atoms with Crippen LogP contribution in [-0.2, 0) is 24.4 Å². The van der Waals surface area contributed by atoms with Crippen molar-refractivity contribution in [2.45, 2.75) is 52.4 Å². The predicted molar refractivity (Wildman–Crippen MR) is 129 cm³/mol. The number of nitrogens with zero attached hydrogens (tertiary/aromatic N) is 5. The van der Waals surface area contributed by atoms with Gasteiger partial charge in [0.05, 0.1) is 19.3 Å². The van der Waals surface area contributed by atoms with E-state index in [1.807, 2.05) is 17.7 Å². The van der Waals surface area contributed by atoms with E-state index in [4.69, 9.17) is 15.0 Å². The van der Waals surface area contributed by atoms with Crippen LogP contribution in [0.2, 0.25) is 0 Å². The summed E-state index contributed by atoms with van der Waals surface area (Å²) in [6.07, 6.45) is 3.87. The van der Waals surface area contributed by atoms with E-state index in [0.29, 0.717) is 30.5 Å². The fourth-order valence-corrected chi connectivity index (χ4v) is 4.31. The minimum Gasteiger partial charge on any atom is -0.381 e. The van der Waals surface area contributed by atoms with Crippen LogP contribution in [0.15, 0.2) is 35.0 Å². The monoisotopic (exact) mass is 462 g/mol. The molecule has 0 amide bonds. The maximum Gasteiger partial charge on any atom is 0.222 e. The van der Waals surface area contributed by atoms with E-state index in [1.54, 1.807) is 6.20 Å². The highest BCUT2D eigenvalue weighted by atomic mass is 16.5. The van der Waals surface area contributed by atoms with Crippen LogP contribution in [0.25, 0.3) is 11.0 Å². The van der Waals surface area contributed by atoms with Gasteiger partial charge in [-0.05, 0) is 43.4 Å².